The lowest BCUT2D eigenvalue weighted by Gasteiger charge is -2.20. The van der Waals surface area contributed by atoms with Crippen molar-refractivity contribution in [2.45, 2.75) is 38.1 Å². The number of aromatic nitrogens is 3. The van der Waals surface area contributed by atoms with E-state index in [1.165, 1.54) is 0 Å². The van der Waals surface area contributed by atoms with Gasteiger partial charge in [0.15, 0.2) is 5.82 Å². The van der Waals surface area contributed by atoms with E-state index in [0.29, 0.717) is 5.82 Å². The van der Waals surface area contributed by atoms with Gasteiger partial charge >= 0.3 is 0 Å². The highest BCUT2D eigenvalue weighted by Gasteiger charge is 2.24. The molecule has 2 aliphatic heterocycles. The van der Waals surface area contributed by atoms with Gasteiger partial charge in [-0.15, -0.1) is 0 Å². The van der Waals surface area contributed by atoms with Crippen molar-refractivity contribution in [3.05, 3.63) is 35.7 Å². The van der Waals surface area contributed by atoms with Crippen molar-refractivity contribution >= 4 is 11.7 Å². The van der Waals surface area contributed by atoms with Gasteiger partial charge in [-0.25, -0.2) is 9.97 Å². The fraction of sp³-hybridized carbons (Fsp3) is 0.474. The summed E-state index contributed by atoms with van der Waals surface area (Å²) in [5.41, 5.74) is 2.91. The third-order valence-corrected chi connectivity index (χ3v) is 4.92. The first-order valence-corrected chi connectivity index (χ1v) is 9.37. The number of fused-ring (bicyclic) bond motifs is 1. The van der Waals surface area contributed by atoms with E-state index < -0.39 is 0 Å². The van der Waals surface area contributed by atoms with Crippen LogP contribution < -0.4 is 16.0 Å². The van der Waals surface area contributed by atoms with Gasteiger partial charge < -0.3 is 16.0 Å². The highest BCUT2D eigenvalue weighted by atomic mass is 16.2. The van der Waals surface area contributed by atoms with Crippen LogP contribution >= 0.6 is 0 Å². The molecule has 0 radical (unpaired) electrons. The van der Waals surface area contributed by atoms with Gasteiger partial charge in [-0.3, -0.25) is 9.78 Å². The molecule has 0 spiro atoms. The molecule has 0 saturated carbocycles. The van der Waals surface area contributed by atoms with Crippen molar-refractivity contribution in [3.8, 4) is 11.5 Å². The molecule has 4 heterocycles. The third kappa shape index (κ3) is 3.67. The first kappa shape index (κ1) is 16.9. The van der Waals surface area contributed by atoms with Crippen molar-refractivity contribution < 1.29 is 4.79 Å². The first-order chi connectivity index (χ1) is 12.8. The maximum atomic E-state index is 12.4. The number of nitrogens with zero attached hydrogens (tertiary/aromatic N) is 3. The topological polar surface area (TPSA) is 91.8 Å². The largest absolute Gasteiger partial charge is 0.358 e. The Hall–Kier alpha value is -2.54. The van der Waals surface area contributed by atoms with E-state index >= 15 is 0 Å². The molecular weight excluding hydrogens is 328 g/mol. The fourth-order valence-corrected chi connectivity index (χ4v) is 3.52. The van der Waals surface area contributed by atoms with Crippen LogP contribution in [0.15, 0.2) is 24.4 Å². The van der Waals surface area contributed by atoms with Crippen LogP contribution in [0.25, 0.3) is 11.5 Å². The second-order valence-electron chi connectivity index (χ2n) is 6.77. The van der Waals surface area contributed by atoms with E-state index in [1.807, 2.05) is 18.2 Å². The smallest absolute Gasteiger partial charge is 0.242 e. The van der Waals surface area contributed by atoms with E-state index in [2.05, 4.69) is 20.9 Å². The molecule has 4 rings (SSSR count). The number of anilines is 1. The Morgan fingerprint density at radius 3 is 2.88 bits per heavy atom. The lowest BCUT2D eigenvalue weighted by molar-refractivity contribution is -0.121. The van der Waals surface area contributed by atoms with Crippen LogP contribution in [-0.2, 0) is 17.6 Å². The number of rotatable bonds is 3. The minimum Gasteiger partial charge on any atom is -0.358 e. The molecule has 0 aromatic carbocycles. The van der Waals surface area contributed by atoms with Crippen molar-refractivity contribution in [1.82, 2.24) is 25.6 Å². The monoisotopic (exact) mass is 352 g/mol. The zero-order valence-corrected chi connectivity index (χ0v) is 14.8. The molecular formula is C19H24N6O. The quantitative estimate of drug-likeness (QED) is 0.771. The van der Waals surface area contributed by atoms with Gasteiger partial charge in [0.25, 0.3) is 0 Å². The number of hydrogen-bond donors (Lipinski definition) is 3. The lowest BCUT2D eigenvalue weighted by Crippen LogP contribution is -2.38. The Balaban J connectivity index is 1.72. The van der Waals surface area contributed by atoms with Crippen LogP contribution in [-0.4, -0.2) is 46.5 Å². The Morgan fingerprint density at radius 2 is 2.00 bits per heavy atom. The molecule has 2 aromatic rings. The van der Waals surface area contributed by atoms with Crippen LogP contribution in [0.5, 0.6) is 0 Å². The summed E-state index contributed by atoms with van der Waals surface area (Å²) in [5, 5.41) is 9.81. The molecule has 7 heteroatoms. The normalized spacial score (nSPS) is 20.5. The van der Waals surface area contributed by atoms with Crippen molar-refractivity contribution in [2.75, 3.05) is 25.0 Å². The molecule has 1 amide bonds. The van der Waals surface area contributed by atoms with E-state index in [1.54, 1.807) is 6.20 Å². The molecule has 1 atom stereocenters. The maximum Gasteiger partial charge on any atom is 0.242 e. The highest BCUT2D eigenvalue weighted by molar-refractivity contribution is 5.84. The van der Waals surface area contributed by atoms with Crippen molar-refractivity contribution in [3.63, 3.8) is 0 Å². The molecule has 0 aliphatic carbocycles. The van der Waals surface area contributed by atoms with Gasteiger partial charge in [-0.1, -0.05) is 6.07 Å². The fourth-order valence-electron chi connectivity index (χ4n) is 3.52. The Morgan fingerprint density at radius 1 is 1.08 bits per heavy atom. The summed E-state index contributed by atoms with van der Waals surface area (Å²) in [6, 6.07) is 5.49. The molecule has 1 fully saturated rings. The van der Waals surface area contributed by atoms with Gasteiger partial charge in [0, 0.05) is 31.3 Å². The van der Waals surface area contributed by atoms with Crippen LogP contribution in [0.4, 0.5) is 5.82 Å². The van der Waals surface area contributed by atoms with Crippen LogP contribution in [0.3, 0.4) is 0 Å². The van der Waals surface area contributed by atoms with Gasteiger partial charge in [-0.2, -0.15) is 0 Å². The second-order valence-corrected chi connectivity index (χ2v) is 6.77. The molecule has 3 N–H and O–H groups in total. The zero-order valence-electron chi connectivity index (χ0n) is 14.8. The second kappa shape index (κ2) is 7.78. The molecule has 1 saturated heterocycles. The maximum absolute atomic E-state index is 12.4. The molecule has 26 heavy (non-hydrogen) atoms. The average Bonchev–Trinajstić information content (AvgIpc) is 3.03. The summed E-state index contributed by atoms with van der Waals surface area (Å²) in [5.74, 6) is 1.45. The average molecular weight is 352 g/mol. The minimum atomic E-state index is -0.246. The zero-order chi connectivity index (χ0) is 17.8. The van der Waals surface area contributed by atoms with E-state index in [9.17, 15) is 4.79 Å². The predicted octanol–water partition coefficient (Wildman–Crippen LogP) is 1.31. The number of pyridine rings is 1. The Kier molecular flexibility index (Phi) is 5.06. The van der Waals surface area contributed by atoms with Crippen molar-refractivity contribution in [1.29, 1.82) is 0 Å². The molecule has 7 nitrogen and oxygen atoms in total. The molecule has 2 aromatic heterocycles. The van der Waals surface area contributed by atoms with E-state index in [-0.39, 0.29) is 11.9 Å². The molecule has 136 valence electrons. The SMILES string of the molecule is O=C1NCCCC[C@@H]1Nc1nc(-c2ccccn2)nc2c1CCNCC2. The van der Waals surface area contributed by atoms with Gasteiger partial charge in [0.1, 0.15) is 17.6 Å². The number of carbonyl (C=O) groups excluding carboxylic acids is 1. The summed E-state index contributed by atoms with van der Waals surface area (Å²) in [4.78, 5) is 26.3. The predicted molar refractivity (Wildman–Crippen MR) is 99.8 cm³/mol. The van der Waals surface area contributed by atoms with Crippen LogP contribution in [0, 0.1) is 0 Å². The minimum absolute atomic E-state index is 0.0565. The van der Waals surface area contributed by atoms with Crippen molar-refractivity contribution in [2.24, 2.45) is 0 Å². The Labute approximate surface area is 153 Å². The van der Waals surface area contributed by atoms with Crippen LogP contribution in [0.1, 0.15) is 30.5 Å². The summed E-state index contributed by atoms with van der Waals surface area (Å²) in [6.07, 6.45) is 6.32. The number of amides is 1. The van der Waals surface area contributed by atoms with E-state index in [4.69, 9.17) is 9.97 Å². The van der Waals surface area contributed by atoms with Gasteiger partial charge in [0.05, 0.1) is 5.69 Å². The van der Waals surface area contributed by atoms with Gasteiger partial charge in [-0.05, 0) is 44.4 Å². The molecule has 0 bridgehead atoms. The lowest BCUT2D eigenvalue weighted by atomic mass is 10.1. The van der Waals surface area contributed by atoms with Gasteiger partial charge in [0.2, 0.25) is 5.91 Å². The Bertz CT molecular complexity index is 779. The summed E-state index contributed by atoms with van der Waals surface area (Å²) >= 11 is 0. The number of nitrogens with one attached hydrogen (secondary N) is 3. The molecule has 2 aliphatic rings. The summed E-state index contributed by atoms with van der Waals surface area (Å²) < 4.78 is 0. The molecule has 0 unspecified atom stereocenters. The highest BCUT2D eigenvalue weighted by Crippen LogP contribution is 2.25. The standard InChI is InChI=1S/C19H24N6O/c26-19-16(6-2-4-10-22-19)24-17-13-7-11-20-12-8-14(13)23-18(25-17)15-5-1-3-9-21-15/h1,3,5,9,16,20H,2,4,6-8,10-12H2,(H,22,26)(H,23,24,25)/t16-/m0/s1. The van der Waals surface area contributed by atoms with Crippen LogP contribution in [0.2, 0.25) is 0 Å². The number of hydrogen-bond acceptors (Lipinski definition) is 6. The summed E-state index contributed by atoms with van der Waals surface area (Å²) in [7, 11) is 0. The number of carbonyl (C=O) groups is 1. The first-order valence-electron chi connectivity index (χ1n) is 9.37. The third-order valence-electron chi connectivity index (χ3n) is 4.92. The summed E-state index contributed by atoms with van der Waals surface area (Å²) in [6.45, 7) is 2.54. The van der Waals surface area contributed by atoms with E-state index in [0.717, 1.165) is 74.5 Å².